The van der Waals surface area contributed by atoms with Gasteiger partial charge in [-0.05, 0) is 36.2 Å². The first-order valence-corrected chi connectivity index (χ1v) is 7.32. The number of carbonyl (C=O) groups is 1. The van der Waals surface area contributed by atoms with Gasteiger partial charge in [0.2, 0.25) is 0 Å². The van der Waals surface area contributed by atoms with E-state index in [0.29, 0.717) is 25.9 Å². The van der Waals surface area contributed by atoms with Gasteiger partial charge < -0.3 is 5.11 Å². The standard InChI is InChI=1S/C13H23N5O2/c1-3-5-7-18-11(14-15-16-18)9-17-8-6-13(4-2,10-17)12(19)20/h3-10H2,1-2H3,(H,19,20). The summed E-state index contributed by atoms with van der Waals surface area (Å²) in [5, 5.41) is 21.2. The smallest absolute Gasteiger partial charge is 0.310 e. The fraction of sp³-hybridized carbons (Fsp3) is 0.846. The molecule has 112 valence electrons. The van der Waals surface area contributed by atoms with E-state index in [0.717, 1.165) is 31.8 Å². The molecule has 1 aromatic heterocycles. The molecule has 1 aromatic rings. The van der Waals surface area contributed by atoms with E-state index in [1.807, 2.05) is 11.6 Å². The van der Waals surface area contributed by atoms with Crippen LogP contribution in [0.1, 0.15) is 45.4 Å². The van der Waals surface area contributed by atoms with Crippen molar-refractivity contribution >= 4 is 5.97 Å². The topological polar surface area (TPSA) is 84.1 Å². The number of rotatable bonds is 7. The highest BCUT2D eigenvalue weighted by Gasteiger charge is 2.43. The lowest BCUT2D eigenvalue weighted by Gasteiger charge is -2.22. The molecular weight excluding hydrogens is 258 g/mol. The lowest BCUT2D eigenvalue weighted by atomic mass is 9.84. The van der Waals surface area contributed by atoms with E-state index in [2.05, 4.69) is 27.3 Å². The average molecular weight is 281 g/mol. The van der Waals surface area contributed by atoms with Gasteiger partial charge in [0.25, 0.3) is 0 Å². The zero-order valence-electron chi connectivity index (χ0n) is 12.2. The largest absolute Gasteiger partial charge is 0.481 e. The molecule has 1 N–H and O–H groups in total. The number of unbranched alkanes of at least 4 members (excludes halogenated alkanes) is 1. The summed E-state index contributed by atoms with van der Waals surface area (Å²) in [5.74, 6) is 0.142. The Balaban J connectivity index is 1.98. The Morgan fingerprint density at radius 2 is 2.25 bits per heavy atom. The summed E-state index contributed by atoms with van der Waals surface area (Å²) in [4.78, 5) is 13.6. The molecule has 0 bridgehead atoms. The Bertz CT molecular complexity index is 461. The van der Waals surface area contributed by atoms with Gasteiger partial charge in [0.15, 0.2) is 5.82 Å². The van der Waals surface area contributed by atoms with Crippen molar-refractivity contribution in [3.63, 3.8) is 0 Å². The van der Waals surface area contributed by atoms with Gasteiger partial charge in [-0.15, -0.1) is 5.10 Å². The Morgan fingerprint density at radius 3 is 2.85 bits per heavy atom. The molecule has 1 atom stereocenters. The van der Waals surface area contributed by atoms with Crippen LogP contribution in [0.25, 0.3) is 0 Å². The fourth-order valence-corrected chi connectivity index (χ4v) is 2.73. The monoisotopic (exact) mass is 281 g/mol. The molecule has 1 saturated heterocycles. The van der Waals surface area contributed by atoms with Crippen molar-refractivity contribution < 1.29 is 9.90 Å². The maximum atomic E-state index is 11.4. The first-order valence-electron chi connectivity index (χ1n) is 7.32. The number of aromatic nitrogens is 4. The third-order valence-corrected chi connectivity index (χ3v) is 4.26. The van der Waals surface area contributed by atoms with Crippen LogP contribution in [-0.4, -0.2) is 49.3 Å². The predicted molar refractivity (Wildman–Crippen MR) is 73.0 cm³/mol. The summed E-state index contributed by atoms with van der Waals surface area (Å²) in [7, 11) is 0. The SMILES string of the molecule is CCCCn1nnnc1CN1CCC(CC)(C(=O)O)C1. The zero-order chi connectivity index (χ0) is 14.6. The van der Waals surface area contributed by atoms with Crippen LogP contribution in [-0.2, 0) is 17.9 Å². The first kappa shape index (κ1) is 14.9. The van der Waals surface area contributed by atoms with Gasteiger partial charge in [-0.25, -0.2) is 4.68 Å². The third kappa shape index (κ3) is 2.98. The zero-order valence-corrected chi connectivity index (χ0v) is 12.2. The van der Waals surface area contributed by atoms with Gasteiger partial charge in [-0.3, -0.25) is 9.69 Å². The van der Waals surface area contributed by atoms with Gasteiger partial charge in [0.05, 0.1) is 12.0 Å². The third-order valence-electron chi connectivity index (χ3n) is 4.26. The minimum Gasteiger partial charge on any atom is -0.481 e. The maximum Gasteiger partial charge on any atom is 0.310 e. The van der Waals surface area contributed by atoms with Gasteiger partial charge in [-0.2, -0.15) is 0 Å². The molecule has 0 saturated carbocycles. The van der Waals surface area contributed by atoms with Crippen molar-refractivity contribution in [3.05, 3.63) is 5.82 Å². The molecule has 7 nitrogen and oxygen atoms in total. The highest BCUT2D eigenvalue weighted by molar-refractivity contribution is 5.75. The fourth-order valence-electron chi connectivity index (χ4n) is 2.73. The molecule has 1 fully saturated rings. The molecule has 20 heavy (non-hydrogen) atoms. The second kappa shape index (κ2) is 6.30. The molecule has 7 heteroatoms. The molecule has 2 heterocycles. The van der Waals surface area contributed by atoms with E-state index in [1.165, 1.54) is 0 Å². The highest BCUT2D eigenvalue weighted by atomic mass is 16.4. The van der Waals surface area contributed by atoms with Crippen molar-refractivity contribution in [3.8, 4) is 0 Å². The van der Waals surface area contributed by atoms with E-state index in [4.69, 9.17) is 0 Å². The van der Waals surface area contributed by atoms with Crippen LogP contribution in [0.4, 0.5) is 0 Å². The molecule has 0 amide bonds. The Hall–Kier alpha value is -1.50. The summed E-state index contributed by atoms with van der Waals surface area (Å²) in [6.07, 6.45) is 3.52. The number of aliphatic carboxylic acids is 1. The van der Waals surface area contributed by atoms with Crippen molar-refractivity contribution in [1.82, 2.24) is 25.1 Å². The number of aryl methyl sites for hydroxylation is 1. The Morgan fingerprint density at radius 1 is 1.45 bits per heavy atom. The van der Waals surface area contributed by atoms with Crippen molar-refractivity contribution in [1.29, 1.82) is 0 Å². The molecule has 1 aliphatic rings. The quantitative estimate of drug-likeness (QED) is 0.807. The van der Waals surface area contributed by atoms with Gasteiger partial charge in [-0.1, -0.05) is 20.3 Å². The van der Waals surface area contributed by atoms with Crippen LogP contribution in [0.15, 0.2) is 0 Å². The second-order valence-corrected chi connectivity index (χ2v) is 5.57. The average Bonchev–Trinajstić information content (AvgIpc) is 3.04. The highest BCUT2D eigenvalue weighted by Crippen LogP contribution is 2.34. The molecule has 0 spiro atoms. The van der Waals surface area contributed by atoms with Crippen LogP contribution in [0.5, 0.6) is 0 Å². The van der Waals surface area contributed by atoms with Crippen LogP contribution >= 0.6 is 0 Å². The van der Waals surface area contributed by atoms with Crippen molar-refractivity contribution in [2.45, 2.75) is 52.6 Å². The number of carboxylic acid groups (broad SMARTS) is 1. The number of tetrazole rings is 1. The minimum atomic E-state index is -0.687. The molecule has 2 rings (SSSR count). The van der Waals surface area contributed by atoms with E-state index in [-0.39, 0.29) is 0 Å². The minimum absolute atomic E-state index is 0.583. The summed E-state index contributed by atoms with van der Waals surface area (Å²) in [5.41, 5.74) is -0.596. The summed E-state index contributed by atoms with van der Waals surface area (Å²) >= 11 is 0. The molecule has 0 radical (unpaired) electrons. The number of hydrogen-bond acceptors (Lipinski definition) is 5. The molecular formula is C13H23N5O2. The second-order valence-electron chi connectivity index (χ2n) is 5.57. The number of hydrogen-bond donors (Lipinski definition) is 1. The van der Waals surface area contributed by atoms with E-state index in [9.17, 15) is 9.90 Å². The normalized spacial score (nSPS) is 23.3. The summed E-state index contributed by atoms with van der Waals surface area (Å²) in [6, 6.07) is 0. The number of carboxylic acids is 1. The molecule has 0 aliphatic carbocycles. The molecule has 0 aromatic carbocycles. The van der Waals surface area contributed by atoms with E-state index < -0.39 is 11.4 Å². The van der Waals surface area contributed by atoms with Gasteiger partial charge >= 0.3 is 5.97 Å². The summed E-state index contributed by atoms with van der Waals surface area (Å²) in [6.45, 7) is 6.91. The van der Waals surface area contributed by atoms with Crippen LogP contribution in [0, 0.1) is 5.41 Å². The first-order chi connectivity index (χ1) is 9.61. The van der Waals surface area contributed by atoms with Gasteiger partial charge in [0, 0.05) is 13.1 Å². The Kier molecular flexibility index (Phi) is 4.69. The van der Waals surface area contributed by atoms with Crippen LogP contribution in [0.3, 0.4) is 0 Å². The van der Waals surface area contributed by atoms with E-state index in [1.54, 1.807) is 0 Å². The van der Waals surface area contributed by atoms with Crippen LogP contribution in [0.2, 0.25) is 0 Å². The Labute approximate surface area is 119 Å². The van der Waals surface area contributed by atoms with Gasteiger partial charge in [0.1, 0.15) is 0 Å². The summed E-state index contributed by atoms with van der Waals surface area (Å²) < 4.78 is 1.83. The lowest BCUT2D eigenvalue weighted by molar-refractivity contribution is -0.148. The van der Waals surface area contributed by atoms with Crippen molar-refractivity contribution in [2.24, 2.45) is 5.41 Å². The van der Waals surface area contributed by atoms with Crippen molar-refractivity contribution in [2.75, 3.05) is 13.1 Å². The predicted octanol–water partition coefficient (Wildman–Crippen LogP) is 1.16. The van der Waals surface area contributed by atoms with E-state index >= 15 is 0 Å². The number of likely N-dealkylation sites (tertiary alicyclic amines) is 1. The van der Waals surface area contributed by atoms with Crippen LogP contribution < -0.4 is 0 Å². The molecule has 1 aliphatic heterocycles. The molecule has 1 unspecified atom stereocenters. The lowest BCUT2D eigenvalue weighted by Crippen LogP contribution is -2.34. The maximum absolute atomic E-state index is 11.4. The number of nitrogens with zero attached hydrogens (tertiary/aromatic N) is 5.